The highest BCUT2D eigenvalue weighted by molar-refractivity contribution is 7.85. The van der Waals surface area contributed by atoms with Crippen LogP contribution in [0.25, 0.3) is 0 Å². The monoisotopic (exact) mass is 421 g/mol. The smallest absolute Gasteiger partial charge is 0.234 e. The number of piperidine rings is 1. The number of guanidine groups is 1. The first-order valence-corrected chi connectivity index (χ1v) is 11.9. The summed E-state index contributed by atoms with van der Waals surface area (Å²) in [5.74, 6) is 1.39. The van der Waals surface area contributed by atoms with Gasteiger partial charge in [0.15, 0.2) is 5.96 Å². The van der Waals surface area contributed by atoms with Crippen molar-refractivity contribution in [2.75, 3.05) is 45.0 Å². The summed E-state index contributed by atoms with van der Waals surface area (Å²) in [5.41, 5.74) is 0. The van der Waals surface area contributed by atoms with Crippen molar-refractivity contribution in [1.29, 1.82) is 0 Å². The molecule has 3 N–H and O–H groups in total. The third kappa shape index (κ3) is 8.95. The highest BCUT2D eigenvalue weighted by atomic mass is 32.2. The quantitative estimate of drug-likeness (QED) is 0.392. The maximum atomic E-state index is 12.3. The van der Waals surface area contributed by atoms with Gasteiger partial charge >= 0.3 is 0 Å². The van der Waals surface area contributed by atoms with Crippen molar-refractivity contribution in [2.24, 2.45) is 4.99 Å². The minimum Gasteiger partial charge on any atom is -0.357 e. The van der Waals surface area contributed by atoms with Crippen molar-refractivity contribution < 1.29 is 9.00 Å². The molecule has 1 aliphatic heterocycles. The summed E-state index contributed by atoms with van der Waals surface area (Å²) in [6, 6.07) is 9.85. The number of hydrogen-bond acceptors (Lipinski definition) is 4. The molecular weight excluding hydrogens is 386 g/mol. The molecule has 1 heterocycles. The first kappa shape index (κ1) is 23.3. The highest BCUT2D eigenvalue weighted by Crippen LogP contribution is 2.10. The predicted octanol–water partition coefficient (Wildman–Crippen LogP) is 1.34. The van der Waals surface area contributed by atoms with Gasteiger partial charge in [0.05, 0.1) is 23.9 Å². The number of amides is 1. The SMILES string of the molecule is CCCNC(=O)CN1CCC(NC(=NCCS(=O)c2ccccc2)NCC)CC1. The van der Waals surface area contributed by atoms with Crippen LogP contribution in [0.1, 0.15) is 33.1 Å². The summed E-state index contributed by atoms with van der Waals surface area (Å²) in [7, 11) is -1.03. The zero-order valence-electron chi connectivity index (χ0n) is 17.7. The summed E-state index contributed by atoms with van der Waals surface area (Å²) in [6.07, 6.45) is 2.91. The van der Waals surface area contributed by atoms with Gasteiger partial charge in [0.1, 0.15) is 0 Å². The Morgan fingerprint density at radius 1 is 1.17 bits per heavy atom. The van der Waals surface area contributed by atoms with Crippen molar-refractivity contribution in [3.8, 4) is 0 Å². The van der Waals surface area contributed by atoms with E-state index in [9.17, 15) is 9.00 Å². The lowest BCUT2D eigenvalue weighted by Gasteiger charge is -2.32. The molecule has 1 fully saturated rings. The summed E-state index contributed by atoms with van der Waals surface area (Å²) < 4.78 is 12.3. The van der Waals surface area contributed by atoms with Crippen molar-refractivity contribution in [3.05, 3.63) is 30.3 Å². The molecule has 0 aromatic heterocycles. The molecule has 2 rings (SSSR count). The Labute approximate surface area is 177 Å². The van der Waals surface area contributed by atoms with Crippen LogP contribution in [-0.4, -0.2) is 72.0 Å². The molecule has 29 heavy (non-hydrogen) atoms. The number of nitrogens with zero attached hydrogens (tertiary/aromatic N) is 2. The summed E-state index contributed by atoms with van der Waals surface area (Å²) in [4.78, 5) is 19.5. The first-order valence-electron chi connectivity index (χ1n) is 10.6. The van der Waals surface area contributed by atoms with E-state index in [1.54, 1.807) is 0 Å². The van der Waals surface area contributed by atoms with Crippen LogP contribution in [0.5, 0.6) is 0 Å². The van der Waals surface area contributed by atoms with Crippen LogP contribution >= 0.6 is 0 Å². The van der Waals surface area contributed by atoms with E-state index in [4.69, 9.17) is 0 Å². The normalized spacial score (nSPS) is 17.0. The highest BCUT2D eigenvalue weighted by Gasteiger charge is 2.21. The number of nitrogens with one attached hydrogen (secondary N) is 3. The second-order valence-corrected chi connectivity index (χ2v) is 8.74. The maximum Gasteiger partial charge on any atom is 0.234 e. The van der Waals surface area contributed by atoms with E-state index in [-0.39, 0.29) is 5.91 Å². The standard InChI is InChI=1S/C21H35N5O2S/c1-3-12-23-20(27)17-26-14-10-18(11-15-26)25-21(22-4-2)24-13-16-29(28)19-8-6-5-7-9-19/h5-9,18H,3-4,10-17H2,1-2H3,(H,23,27)(H2,22,24,25). The van der Waals surface area contributed by atoms with Crippen molar-refractivity contribution in [1.82, 2.24) is 20.9 Å². The second kappa shape index (κ2) is 13.3. The molecule has 1 aromatic rings. The Hall–Kier alpha value is -1.93. The molecule has 1 unspecified atom stereocenters. The molecular formula is C21H35N5O2S. The van der Waals surface area contributed by atoms with Crippen LogP contribution in [0.4, 0.5) is 0 Å². The summed E-state index contributed by atoms with van der Waals surface area (Å²) >= 11 is 0. The lowest BCUT2D eigenvalue weighted by molar-refractivity contribution is -0.122. The van der Waals surface area contributed by atoms with Gasteiger partial charge in [-0.2, -0.15) is 0 Å². The number of rotatable bonds is 10. The van der Waals surface area contributed by atoms with Crippen LogP contribution in [0, 0.1) is 0 Å². The Balaban J connectivity index is 1.75. The van der Waals surface area contributed by atoms with E-state index in [2.05, 4.69) is 32.8 Å². The topological polar surface area (TPSA) is 85.8 Å². The van der Waals surface area contributed by atoms with Gasteiger partial charge in [-0.15, -0.1) is 0 Å². The Bertz CT molecular complexity index is 660. The number of aliphatic imine (C=N–C) groups is 1. The Morgan fingerprint density at radius 2 is 1.90 bits per heavy atom. The molecule has 7 nitrogen and oxygen atoms in total. The van der Waals surface area contributed by atoms with Crippen LogP contribution in [0.15, 0.2) is 40.2 Å². The third-order valence-electron chi connectivity index (χ3n) is 4.76. The molecule has 0 radical (unpaired) electrons. The van der Waals surface area contributed by atoms with E-state index in [0.29, 0.717) is 24.9 Å². The number of carbonyl (C=O) groups excluding carboxylic acids is 1. The minimum atomic E-state index is -1.03. The van der Waals surface area contributed by atoms with Crippen LogP contribution in [0.3, 0.4) is 0 Å². The number of likely N-dealkylation sites (tertiary alicyclic amines) is 1. The van der Waals surface area contributed by atoms with Crippen LogP contribution in [-0.2, 0) is 15.6 Å². The maximum absolute atomic E-state index is 12.3. The Kier molecular flexibility index (Phi) is 10.7. The fraction of sp³-hybridized carbons (Fsp3) is 0.619. The van der Waals surface area contributed by atoms with Crippen molar-refractivity contribution >= 4 is 22.7 Å². The van der Waals surface area contributed by atoms with Gasteiger partial charge in [0.2, 0.25) is 5.91 Å². The van der Waals surface area contributed by atoms with Crippen LogP contribution in [0.2, 0.25) is 0 Å². The zero-order valence-corrected chi connectivity index (χ0v) is 18.5. The number of benzene rings is 1. The fourth-order valence-corrected chi connectivity index (χ4v) is 4.16. The van der Waals surface area contributed by atoms with E-state index < -0.39 is 10.8 Å². The molecule has 1 aliphatic rings. The summed E-state index contributed by atoms with van der Waals surface area (Å²) in [5, 5.41) is 9.70. The molecule has 8 heteroatoms. The second-order valence-electron chi connectivity index (χ2n) is 7.17. The first-order chi connectivity index (χ1) is 14.1. The van der Waals surface area contributed by atoms with Gasteiger partial charge in [-0.05, 0) is 38.3 Å². The van der Waals surface area contributed by atoms with Crippen molar-refractivity contribution in [2.45, 2.75) is 44.0 Å². The van der Waals surface area contributed by atoms with Gasteiger partial charge in [-0.1, -0.05) is 25.1 Å². The molecule has 0 spiro atoms. The number of carbonyl (C=O) groups is 1. The molecule has 1 atom stereocenters. The lowest BCUT2D eigenvalue weighted by Crippen LogP contribution is -2.50. The van der Waals surface area contributed by atoms with Gasteiger partial charge in [0.25, 0.3) is 0 Å². The average molecular weight is 422 g/mol. The molecule has 162 valence electrons. The molecule has 0 aliphatic carbocycles. The van der Waals surface area contributed by atoms with E-state index in [0.717, 1.165) is 56.3 Å². The molecule has 0 bridgehead atoms. The van der Waals surface area contributed by atoms with Gasteiger partial charge in [0, 0.05) is 42.9 Å². The molecule has 1 saturated heterocycles. The number of hydrogen-bond donors (Lipinski definition) is 3. The van der Waals surface area contributed by atoms with Crippen molar-refractivity contribution in [3.63, 3.8) is 0 Å². The third-order valence-corrected chi connectivity index (χ3v) is 6.12. The van der Waals surface area contributed by atoms with Gasteiger partial charge in [-0.25, -0.2) is 0 Å². The largest absolute Gasteiger partial charge is 0.357 e. The molecule has 1 amide bonds. The lowest BCUT2D eigenvalue weighted by atomic mass is 10.1. The van der Waals surface area contributed by atoms with Crippen LogP contribution < -0.4 is 16.0 Å². The minimum absolute atomic E-state index is 0.111. The fourth-order valence-electron chi connectivity index (χ4n) is 3.20. The summed E-state index contributed by atoms with van der Waals surface area (Å²) in [6.45, 7) is 8.40. The van der Waals surface area contributed by atoms with E-state index >= 15 is 0 Å². The van der Waals surface area contributed by atoms with E-state index in [1.807, 2.05) is 37.3 Å². The Morgan fingerprint density at radius 3 is 2.55 bits per heavy atom. The average Bonchev–Trinajstić information content (AvgIpc) is 2.74. The van der Waals surface area contributed by atoms with E-state index in [1.165, 1.54) is 0 Å². The zero-order chi connectivity index (χ0) is 20.9. The van der Waals surface area contributed by atoms with Gasteiger partial charge in [-0.3, -0.25) is 18.9 Å². The molecule has 1 aromatic carbocycles. The predicted molar refractivity (Wildman–Crippen MR) is 120 cm³/mol. The van der Waals surface area contributed by atoms with Gasteiger partial charge < -0.3 is 16.0 Å². The molecule has 0 saturated carbocycles.